The SMILES string of the molecule is CCCOc1c2c(cc3oc(CO)cc(=O)c13)OC(C(C)(C)O)C2. The zero-order valence-corrected chi connectivity index (χ0v) is 14.1. The third-order valence-corrected chi connectivity index (χ3v) is 4.14. The molecule has 1 unspecified atom stereocenters. The lowest BCUT2D eigenvalue weighted by Crippen LogP contribution is -2.39. The highest BCUT2D eigenvalue weighted by molar-refractivity contribution is 5.87. The molecule has 2 aromatic rings. The molecule has 24 heavy (non-hydrogen) atoms. The van der Waals surface area contributed by atoms with Gasteiger partial charge in [0.2, 0.25) is 0 Å². The first kappa shape index (κ1) is 16.8. The Hall–Kier alpha value is -2.05. The molecule has 0 saturated carbocycles. The standard InChI is InChI=1S/C18H22O6/c1-4-5-22-17-11-7-15(18(2,3)21)24-13(11)8-14-16(17)12(20)6-10(9-19)23-14/h6,8,15,19,21H,4-5,7,9H2,1-3H3. The first-order chi connectivity index (χ1) is 11.3. The van der Waals surface area contributed by atoms with E-state index >= 15 is 0 Å². The van der Waals surface area contributed by atoms with Crippen LogP contribution in [0.1, 0.15) is 38.5 Å². The third kappa shape index (κ3) is 2.87. The number of ether oxygens (including phenoxy) is 2. The van der Waals surface area contributed by atoms with Gasteiger partial charge in [0.05, 0.1) is 12.2 Å². The van der Waals surface area contributed by atoms with E-state index in [0.29, 0.717) is 35.5 Å². The first-order valence-electron chi connectivity index (χ1n) is 8.10. The highest BCUT2D eigenvalue weighted by Gasteiger charge is 2.37. The Labute approximate surface area is 139 Å². The molecule has 0 spiro atoms. The van der Waals surface area contributed by atoms with Gasteiger partial charge >= 0.3 is 0 Å². The van der Waals surface area contributed by atoms with Crippen molar-refractivity contribution < 1.29 is 24.1 Å². The molecule has 2 heterocycles. The van der Waals surface area contributed by atoms with Crippen LogP contribution >= 0.6 is 0 Å². The molecule has 6 nitrogen and oxygen atoms in total. The van der Waals surface area contributed by atoms with Gasteiger partial charge in [-0.05, 0) is 20.3 Å². The van der Waals surface area contributed by atoms with Crippen molar-refractivity contribution in [3.05, 3.63) is 33.7 Å². The van der Waals surface area contributed by atoms with Crippen molar-refractivity contribution in [2.75, 3.05) is 6.61 Å². The van der Waals surface area contributed by atoms with Gasteiger partial charge in [-0.15, -0.1) is 0 Å². The second-order valence-electron chi connectivity index (χ2n) is 6.60. The smallest absolute Gasteiger partial charge is 0.196 e. The van der Waals surface area contributed by atoms with Gasteiger partial charge in [-0.2, -0.15) is 0 Å². The zero-order valence-electron chi connectivity index (χ0n) is 14.1. The van der Waals surface area contributed by atoms with E-state index in [9.17, 15) is 15.0 Å². The van der Waals surface area contributed by atoms with E-state index in [1.54, 1.807) is 19.9 Å². The van der Waals surface area contributed by atoms with Crippen LogP contribution in [-0.2, 0) is 13.0 Å². The monoisotopic (exact) mass is 334 g/mol. The molecule has 0 fully saturated rings. The number of benzene rings is 1. The predicted octanol–water partition coefficient (Wildman–Crippen LogP) is 2.15. The fourth-order valence-corrected chi connectivity index (χ4v) is 2.87. The van der Waals surface area contributed by atoms with E-state index < -0.39 is 11.7 Å². The van der Waals surface area contributed by atoms with Crippen LogP contribution in [0.25, 0.3) is 11.0 Å². The third-order valence-electron chi connectivity index (χ3n) is 4.14. The number of hydrogen-bond acceptors (Lipinski definition) is 6. The summed E-state index contributed by atoms with van der Waals surface area (Å²) in [4.78, 5) is 12.5. The Bertz CT molecular complexity index is 815. The molecule has 0 bridgehead atoms. The van der Waals surface area contributed by atoms with E-state index in [1.165, 1.54) is 6.07 Å². The molecule has 0 saturated heterocycles. The second-order valence-corrected chi connectivity index (χ2v) is 6.60. The van der Waals surface area contributed by atoms with E-state index in [0.717, 1.165) is 12.0 Å². The van der Waals surface area contributed by atoms with Crippen LogP contribution in [-0.4, -0.2) is 28.5 Å². The average Bonchev–Trinajstić information content (AvgIpc) is 2.95. The number of aliphatic hydroxyl groups excluding tert-OH is 1. The van der Waals surface area contributed by atoms with E-state index in [-0.39, 0.29) is 17.8 Å². The first-order valence-corrected chi connectivity index (χ1v) is 8.10. The fraction of sp³-hybridized carbons (Fsp3) is 0.500. The Morgan fingerprint density at radius 3 is 2.75 bits per heavy atom. The van der Waals surface area contributed by atoms with Crippen molar-refractivity contribution in [2.45, 2.75) is 51.9 Å². The van der Waals surface area contributed by atoms with E-state index in [1.807, 2.05) is 6.92 Å². The lowest BCUT2D eigenvalue weighted by Gasteiger charge is -2.24. The van der Waals surface area contributed by atoms with Crippen molar-refractivity contribution in [3.8, 4) is 11.5 Å². The van der Waals surface area contributed by atoms with E-state index in [4.69, 9.17) is 13.9 Å². The maximum absolute atomic E-state index is 12.5. The lowest BCUT2D eigenvalue weighted by atomic mass is 9.96. The van der Waals surface area contributed by atoms with Crippen LogP contribution in [0.2, 0.25) is 0 Å². The summed E-state index contributed by atoms with van der Waals surface area (Å²) in [5.41, 5.74) is -0.207. The lowest BCUT2D eigenvalue weighted by molar-refractivity contribution is -0.0229. The number of aliphatic hydroxyl groups is 2. The van der Waals surface area contributed by atoms with E-state index in [2.05, 4.69) is 0 Å². The largest absolute Gasteiger partial charge is 0.492 e. The summed E-state index contributed by atoms with van der Waals surface area (Å²) in [6.07, 6.45) is 0.816. The average molecular weight is 334 g/mol. The fourth-order valence-electron chi connectivity index (χ4n) is 2.87. The van der Waals surface area contributed by atoms with Crippen LogP contribution in [0.4, 0.5) is 0 Å². The van der Waals surface area contributed by atoms with Crippen molar-refractivity contribution in [1.29, 1.82) is 0 Å². The molecule has 2 N–H and O–H groups in total. The Kier molecular flexibility index (Phi) is 4.27. The van der Waals surface area contributed by atoms with Gasteiger partial charge in [0, 0.05) is 24.1 Å². The topological polar surface area (TPSA) is 89.1 Å². The minimum atomic E-state index is -1.03. The summed E-state index contributed by atoms with van der Waals surface area (Å²) in [6, 6.07) is 2.91. The molecule has 1 aliphatic rings. The van der Waals surface area contributed by atoms with Gasteiger partial charge < -0.3 is 24.1 Å². The van der Waals surface area contributed by atoms with Crippen molar-refractivity contribution in [2.24, 2.45) is 0 Å². The van der Waals surface area contributed by atoms with Crippen molar-refractivity contribution >= 4 is 11.0 Å². The highest BCUT2D eigenvalue weighted by atomic mass is 16.5. The minimum Gasteiger partial charge on any atom is -0.492 e. The van der Waals surface area contributed by atoms with Crippen LogP contribution < -0.4 is 14.9 Å². The summed E-state index contributed by atoms with van der Waals surface area (Å²) in [6.45, 7) is 5.44. The minimum absolute atomic E-state index is 0.186. The molecule has 1 atom stereocenters. The quantitative estimate of drug-likeness (QED) is 0.871. The summed E-state index contributed by atoms with van der Waals surface area (Å²) in [5, 5.41) is 19.8. The molecular formula is C18H22O6. The zero-order chi connectivity index (χ0) is 17.5. The van der Waals surface area contributed by atoms with Crippen molar-refractivity contribution in [3.63, 3.8) is 0 Å². The highest BCUT2D eigenvalue weighted by Crippen LogP contribution is 2.43. The van der Waals surface area contributed by atoms with Crippen LogP contribution in [0, 0.1) is 0 Å². The predicted molar refractivity (Wildman–Crippen MR) is 88.6 cm³/mol. The van der Waals surface area contributed by atoms with Gasteiger partial charge in [-0.25, -0.2) is 0 Å². The molecular weight excluding hydrogens is 312 g/mol. The summed E-state index contributed by atoms with van der Waals surface area (Å²) < 4.78 is 17.3. The molecule has 1 aliphatic heterocycles. The molecule has 130 valence electrons. The molecule has 3 rings (SSSR count). The molecule has 0 aliphatic carbocycles. The molecule has 1 aromatic carbocycles. The number of rotatable bonds is 5. The van der Waals surface area contributed by atoms with Gasteiger partial charge in [-0.1, -0.05) is 6.92 Å². The Morgan fingerprint density at radius 2 is 2.12 bits per heavy atom. The molecule has 1 aromatic heterocycles. The van der Waals surface area contributed by atoms with Crippen LogP contribution in [0.5, 0.6) is 11.5 Å². The van der Waals surface area contributed by atoms with Gasteiger partial charge in [0.25, 0.3) is 0 Å². The van der Waals surface area contributed by atoms with Crippen LogP contribution in [0.3, 0.4) is 0 Å². The van der Waals surface area contributed by atoms with Gasteiger partial charge in [0.15, 0.2) is 5.43 Å². The molecule has 0 amide bonds. The maximum Gasteiger partial charge on any atom is 0.196 e. The summed E-state index contributed by atoms with van der Waals surface area (Å²) in [7, 11) is 0. The normalized spacial score (nSPS) is 17.0. The second kappa shape index (κ2) is 6.11. The molecule has 0 radical (unpaired) electrons. The Balaban J connectivity index is 2.21. The van der Waals surface area contributed by atoms with Crippen molar-refractivity contribution in [1.82, 2.24) is 0 Å². The number of hydrogen-bond donors (Lipinski definition) is 2. The van der Waals surface area contributed by atoms with Gasteiger partial charge in [0.1, 0.15) is 40.9 Å². The van der Waals surface area contributed by atoms with Gasteiger partial charge in [-0.3, -0.25) is 4.79 Å². The van der Waals surface area contributed by atoms with Crippen LogP contribution in [0.15, 0.2) is 21.3 Å². The molecule has 6 heteroatoms. The summed E-state index contributed by atoms with van der Waals surface area (Å²) in [5.74, 6) is 1.18. The maximum atomic E-state index is 12.5. The summed E-state index contributed by atoms with van der Waals surface area (Å²) >= 11 is 0. The Morgan fingerprint density at radius 1 is 1.38 bits per heavy atom. The number of fused-ring (bicyclic) bond motifs is 2.